The normalized spacial score (nSPS) is 14.0. The number of aromatic hydroxyl groups is 1. The lowest BCUT2D eigenvalue weighted by atomic mass is 9.89. The molecule has 0 saturated carbocycles. The first kappa shape index (κ1) is 27.5. The molecule has 1 aliphatic heterocycles. The van der Waals surface area contributed by atoms with Gasteiger partial charge in [-0.2, -0.15) is 0 Å². The van der Waals surface area contributed by atoms with Gasteiger partial charge < -0.3 is 20.7 Å². The highest BCUT2D eigenvalue weighted by Crippen LogP contribution is 2.22. The molecule has 0 radical (unpaired) electrons. The van der Waals surface area contributed by atoms with E-state index in [-0.39, 0.29) is 34.4 Å². The van der Waals surface area contributed by atoms with Crippen LogP contribution in [0.1, 0.15) is 33.6 Å². The number of ketones is 1. The molecule has 1 amide bonds. The van der Waals surface area contributed by atoms with Gasteiger partial charge in [-0.25, -0.2) is 9.18 Å². The predicted octanol–water partition coefficient (Wildman–Crippen LogP) is 2.91. The number of carbonyl (C=O) groups excluding carboxylic acids is 2. The number of hydrogen-bond donors (Lipinski definition) is 3. The van der Waals surface area contributed by atoms with Crippen molar-refractivity contribution in [3.05, 3.63) is 111 Å². The Balaban J connectivity index is 0.000000298. The van der Waals surface area contributed by atoms with Crippen LogP contribution in [0.4, 0.5) is 4.39 Å². The van der Waals surface area contributed by atoms with Crippen molar-refractivity contribution in [2.45, 2.75) is 19.4 Å². The smallest absolute Gasteiger partial charge is 0.328 e. The highest BCUT2D eigenvalue weighted by Gasteiger charge is 2.26. The second kappa shape index (κ2) is 12.3. The van der Waals surface area contributed by atoms with Crippen LogP contribution < -0.4 is 17.0 Å². The van der Waals surface area contributed by atoms with Crippen LogP contribution in [0.3, 0.4) is 0 Å². The molecule has 0 atom stereocenters. The van der Waals surface area contributed by atoms with E-state index in [1.54, 1.807) is 36.4 Å². The Bertz CT molecular complexity index is 1590. The minimum absolute atomic E-state index is 0.0480. The molecule has 0 spiro atoms. The van der Waals surface area contributed by atoms with Crippen LogP contribution in [-0.4, -0.2) is 50.9 Å². The molecule has 1 saturated heterocycles. The summed E-state index contributed by atoms with van der Waals surface area (Å²) in [5.41, 5.74) is 5.46. The summed E-state index contributed by atoms with van der Waals surface area (Å²) in [7, 11) is 0. The van der Waals surface area contributed by atoms with E-state index < -0.39 is 11.6 Å². The molecule has 10 heteroatoms. The number of fused-ring (bicyclic) bond motifs is 1. The summed E-state index contributed by atoms with van der Waals surface area (Å²) in [6.07, 6.45) is 1.42. The van der Waals surface area contributed by atoms with E-state index in [2.05, 4.69) is 9.88 Å². The molecule has 3 aromatic carbocycles. The van der Waals surface area contributed by atoms with Crippen LogP contribution in [0.2, 0.25) is 0 Å². The average molecular weight is 533 g/mol. The number of benzene rings is 3. The molecule has 4 N–H and O–H groups in total. The second-order valence-electron chi connectivity index (χ2n) is 9.30. The first-order valence-corrected chi connectivity index (χ1v) is 12.6. The number of phenols is 1. The van der Waals surface area contributed by atoms with Gasteiger partial charge in [0.2, 0.25) is 0 Å². The Morgan fingerprint density at radius 1 is 0.923 bits per heavy atom. The van der Waals surface area contributed by atoms with E-state index >= 15 is 0 Å². The number of Topliss-reactive ketones (excluding diaryl/α,β-unsaturated/α-hetero) is 1. The van der Waals surface area contributed by atoms with Crippen LogP contribution in [0, 0.1) is 11.7 Å². The Labute approximate surface area is 223 Å². The topological polar surface area (TPSA) is 138 Å². The molecule has 202 valence electrons. The summed E-state index contributed by atoms with van der Waals surface area (Å²) in [6, 6.07) is 18.8. The number of nitrogens with one attached hydrogen (secondary N) is 1. The van der Waals surface area contributed by atoms with Crippen molar-refractivity contribution >= 4 is 22.6 Å². The Morgan fingerprint density at radius 2 is 1.56 bits per heavy atom. The number of halogens is 1. The molecule has 1 aliphatic rings. The van der Waals surface area contributed by atoms with Gasteiger partial charge in [0, 0.05) is 24.6 Å². The third-order valence-electron chi connectivity index (χ3n) is 6.79. The molecule has 0 aliphatic carbocycles. The van der Waals surface area contributed by atoms with E-state index in [9.17, 15) is 23.6 Å². The van der Waals surface area contributed by atoms with Gasteiger partial charge in [0.05, 0.1) is 16.5 Å². The number of nitrogens with two attached hydrogens (primary N) is 1. The van der Waals surface area contributed by atoms with Crippen LogP contribution in [0.15, 0.2) is 82.4 Å². The summed E-state index contributed by atoms with van der Waals surface area (Å²) >= 11 is 0. The van der Waals surface area contributed by atoms with E-state index in [0.717, 1.165) is 13.1 Å². The van der Waals surface area contributed by atoms with Gasteiger partial charge in [0.25, 0.3) is 11.5 Å². The third-order valence-corrected chi connectivity index (χ3v) is 6.79. The van der Waals surface area contributed by atoms with E-state index in [1.807, 2.05) is 0 Å². The number of nitrogens with zero attached hydrogens (tertiary/aromatic N) is 2. The molecule has 2 heterocycles. The maximum absolute atomic E-state index is 13.0. The highest BCUT2D eigenvalue weighted by molar-refractivity contribution is 5.98. The van der Waals surface area contributed by atoms with E-state index in [4.69, 9.17) is 10.8 Å². The van der Waals surface area contributed by atoms with Crippen molar-refractivity contribution in [3.63, 3.8) is 0 Å². The zero-order valence-electron chi connectivity index (χ0n) is 21.2. The minimum atomic E-state index is -0.613. The Hall–Kier alpha value is -4.57. The number of carbonyl (C=O) groups is 2. The largest absolute Gasteiger partial charge is 0.507 e. The fourth-order valence-electron chi connectivity index (χ4n) is 4.59. The lowest BCUT2D eigenvalue weighted by Crippen LogP contribution is -2.42. The number of likely N-dealkylation sites (tertiary alicyclic amines) is 1. The Kier molecular flexibility index (Phi) is 8.67. The third kappa shape index (κ3) is 6.66. The number of H-pyrrole nitrogens is 1. The van der Waals surface area contributed by atoms with Crippen molar-refractivity contribution in [3.8, 4) is 5.75 Å². The molecule has 1 aromatic heterocycles. The Morgan fingerprint density at radius 3 is 2.21 bits per heavy atom. The van der Waals surface area contributed by atoms with Crippen molar-refractivity contribution in [2.24, 2.45) is 11.7 Å². The van der Waals surface area contributed by atoms with Crippen molar-refractivity contribution < 1.29 is 19.1 Å². The average Bonchev–Trinajstić information content (AvgIpc) is 2.94. The van der Waals surface area contributed by atoms with Gasteiger partial charge in [0.15, 0.2) is 5.78 Å². The molecule has 9 nitrogen and oxygen atoms in total. The molecule has 1 fully saturated rings. The van der Waals surface area contributed by atoms with E-state index in [1.165, 1.54) is 41.0 Å². The van der Waals surface area contributed by atoms with Gasteiger partial charge >= 0.3 is 5.69 Å². The van der Waals surface area contributed by atoms with Crippen molar-refractivity contribution in [2.75, 3.05) is 19.6 Å². The molecule has 39 heavy (non-hydrogen) atoms. The van der Waals surface area contributed by atoms with Gasteiger partial charge in [0.1, 0.15) is 11.6 Å². The van der Waals surface area contributed by atoms with Crippen LogP contribution in [0.25, 0.3) is 10.9 Å². The molecule has 4 aromatic rings. The summed E-state index contributed by atoms with van der Waals surface area (Å²) in [4.78, 5) is 52.8. The maximum atomic E-state index is 13.0. The highest BCUT2D eigenvalue weighted by atomic mass is 19.1. The zero-order valence-corrected chi connectivity index (χ0v) is 21.2. The number of para-hydroxylation sites is 2. The number of primary amides is 1. The molecule has 0 unspecified atom stereocenters. The standard InChI is InChI=1S/C22H22FN3O3.C7H7NO2/c23-17-7-5-15(6-8-17)20(27)16-9-11-25(12-10-16)13-14-26-21(28)18-3-1-2-4-19(18)24-22(26)29;8-7(10)5-3-1-2-4-6(5)9/h1-8,16H,9-14H2,(H,24,29);1-4,9H,(H2,8,10). The predicted molar refractivity (Wildman–Crippen MR) is 145 cm³/mol. The fraction of sp³-hybridized carbons (Fsp3) is 0.241. The van der Waals surface area contributed by atoms with Gasteiger partial charge in [-0.15, -0.1) is 0 Å². The minimum Gasteiger partial charge on any atom is -0.507 e. The monoisotopic (exact) mass is 532 g/mol. The number of rotatable bonds is 6. The fourth-order valence-corrected chi connectivity index (χ4v) is 4.59. The second-order valence-corrected chi connectivity index (χ2v) is 9.30. The summed E-state index contributed by atoms with van der Waals surface area (Å²) in [5, 5.41) is 9.48. The molecular formula is C29H29FN4O5. The SMILES string of the molecule is NC(=O)c1ccccc1O.O=C(c1ccc(F)cc1)C1CCN(CCn2c(=O)[nH]c3ccccc3c2=O)CC1. The number of amides is 1. The zero-order chi connectivity index (χ0) is 27.9. The summed E-state index contributed by atoms with van der Waals surface area (Å²) < 4.78 is 14.3. The van der Waals surface area contributed by atoms with Gasteiger partial charge in [-0.1, -0.05) is 24.3 Å². The van der Waals surface area contributed by atoms with Crippen LogP contribution >= 0.6 is 0 Å². The van der Waals surface area contributed by atoms with Crippen molar-refractivity contribution in [1.29, 1.82) is 0 Å². The first-order valence-electron chi connectivity index (χ1n) is 12.6. The van der Waals surface area contributed by atoms with Gasteiger partial charge in [-0.3, -0.25) is 19.0 Å². The number of aromatic amines is 1. The quantitative estimate of drug-likeness (QED) is 0.327. The molecular weight excluding hydrogens is 503 g/mol. The maximum Gasteiger partial charge on any atom is 0.328 e. The number of piperidine rings is 1. The van der Waals surface area contributed by atoms with Gasteiger partial charge in [-0.05, 0) is 74.5 Å². The van der Waals surface area contributed by atoms with Crippen LogP contribution in [0.5, 0.6) is 5.75 Å². The summed E-state index contributed by atoms with van der Waals surface area (Å²) in [6.45, 7) is 2.31. The first-order chi connectivity index (χ1) is 18.7. The summed E-state index contributed by atoms with van der Waals surface area (Å²) in [5.74, 6) is -1.07. The lowest BCUT2D eigenvalue weighted by Gasteiger charge is -2.31. The van der Waals surface area contributed by atoms with E-state index in [0.29, 0.717) is 42.4 Å². The molecule has 5 rings (SSSR count). The number of aromatic nitrogens is 2. The van der Waals surface area contributed by atoms with Crippen LogP contribution in [-0.2, 0) is 6.54 Å². The van der Waals surface area contributed by atoms with Crippen molar-refractivity contribution in [1.82, 2.24) is 14.5 Å². The lowest BCUT2D eigenvalue weighted by molar-refractivity contribution is 0.0836. The number of hydrogen-bond acceptors (Lipinski definition) is 6. The molecule has 0 bridgehead atoms.